The zero-order chi connectivity index (χ0) is 23.3. The molecule has 1 aliphatic heterocycles. The normalized spacial score (nSPS) is 15.3. The Morgan fingerprint density at radius 1 is 1.09 bits per heavy atom. The van der Waals surface area contributed by atoms with Crippen LogP contribution in [0, 0.1) is 0 Å². The molecule has 5 rings (SSSR count). The highest BCUT2D eigenvalue weighted by Gasteiger charge is 2.24. The molecule has 0 spiro atoms. The molecule has 1 aliphatic carbocycles. The lowest BCUT2D eigenvalue weighted by Crippen LogP contribution is -2.16. The fourth-order valence-corrected chi connectivity index (χ4v) is 5.36. The van der Waals surface area contributed by atoms with Crippen molar-refractivity contribution in [1.82, 2.24) is 14.8 Å². The molecule has 3 aromatic rings. The summed E-state index contributed by atoms with van der Waals surface area (Å²) in [5, 5.41) is 12.9. The molecule has 8 nitrogen and oxygen atoms in total. The van der Waals surface area contributed by atoms with Crippen LogP contribution >= 0.6 is 11.8 Å². The van der Waals surface area contributed by atoms with E-state index in [0.717, 1.165) is 35.1 Å². The number of ether oxygens (including phenoxy) is 3. The predicted octanol–water partition coefficient (Wildman–Crippen LogP) is 5.31. The molecule has 1 fully saturated rings. The van der Waals surface area contributed by atoms with E-state index in [0.29, 0.717) is 35.4 Å². The van der Waals surface area contributed by atoms with Crippen LogP contribution in [0.3, 0.4) is 0 Å². The number of anilines is 1. The van der Waals surface area contributed by atoms with E-state index in [-0.39, 0.29) is 12.7 Å². The van der Waals surface area contributed by atoms with E-state index in [2.05, 4.69) is 20.1 Å². The number of thioether (sulfide) groups is 1. The Labute approximate surface area is 203 Å². The number of fused-ring (bicyclic) bond motifs is 1. The highest BCUT2D eigenvalue weighted by molar-refractivity contribution is 7.99. The molecule has 2 heterocycles. The third-order valence-electron chi connectivity index (χ3n) is 6.17. The Morgan fingerprint density at radius 2 is 1.88 bits per heavy atom. The number of methoxy groups -OCH3 is 1. The first-order valence-corrected chi connectivity index (χ1v) is 12.6. The number of aromatic nitrogens is 3. The molecule has 1 amide bonds. The van der Waals surface area contributed by atoms with Crippen molar-refractivity contribution in [3.8, 4) is 28.6 Å². The first-order valence-electron chi connectivity index (χ1n) is 11.6. The maximum Gasteiger partial charge on any atom is 0.231 e. The average Bonchev–Trinajstić information content (AvgIpc) is 3.51. The zero-order valence-electron chi connectivity index (χ0n) is 19.2. The van der Waals surface area contributed by atoms with Crippen LogP contribution in [0.5, 0.6) is 17.2 Å². The monoisotopic (exact) mass is 480 g/mol. The summed E-state index contributed by atoms with van der Waals surface area (Å²) in [5.41, 5.74) is 1.72. The van der Waals surface area contributed by atoms with Gasteiger partial charge in [-0.05, 0) is 49.2 Å². The second-order valence-corrected chi connectivity index (χ2v) is 9.47. The summed E-state index contributed by atoms with van der Waals surface area (Å²) in [7, 11) is 1.66. The van der Waals surface area contributed by atoms with Gasteiger partial charge in [-0.3, -0.25) is 9.36 Å². The van der Waals surface area contributed by atoms with Crippen LogP contribution in [0.25, 0.3) is 11.4 Å². The van der Waals surface area contributed by atoms with Crippen molar-refractivity contribution in [1.29, 1.82) is 0 Å². The Balaban J connectivity index is 1.26. The van der Waals surface area contributed by atoms with E-state index in [1.54, 1.807) is 31.0 Å². The molecule has 0 unspecified atom stereocenters. The van der Waals surface area contributed by atoms with Gasteiger partial charge in [0.15, 0.2) is 22.5 Å². The first-order chi connectivity index (χ1) is 16.7. The fourth-order valence-electron chi connectivity index (χ4n) is 4.41. The van der Waals surface area contributed by atoms with Gasteiger partial charge >= 0.3 is 0 Å². The lowest BCUT2D eigenvalue weighted by atomic mass is 9.95. The average molecular weight is 481 g/mol. The van der Waals surface area contributed by atoms with Crippen molar-refractivity contribution < 1.29 is 19.0 Å². The summed E-state index contributed by atoms with van der Waals surface area (Å²) in [4.78, 5) is 12.5. The molecule has 0 bridgehead atoms. The van der Waals surface area contributed by atoms with Gasteiger partial charge in [0.2, 0.25) is 12.7 Å². The van der Waals surface area contributed by atoms with Gasteiger partial charge in [-0.15, -0.1) is 10.2 Å². The van der Waals surface area contributed by atoms with Gasteiger partial charge < -0.3 is 19.5 Å². The van der Waals surface area contributed by atoms with Crippen LogP contribution in [0.4, 0.5) is 5.69 Å². The molecule has 2 aliphatic rings. The van der Waals surface area contributed by atoms with Crippen LogP contribution in [-0.4, -0.2) is 40.3 Å². The van der Waals surface area contributed by atoms with E-state index >= 15 is 0 Å². The van der Waals surface area contributed by atoms with Gasteiger partial charge in [0, 0.05) is 35.5 Å². The smallest absolute Gasteiger partial charge is 0.231 e. The fraction of sp³-hybridized carbons (Fsp3) is 0.400. The largest absolute Gasteiger partial charge is 0.497 e. The number of amides is 1. The third kappa shape index (κ3) is 4.99. The van der Waals surface area contributed by atoms with Crippen LogP contribution in [0.2, 0.25) is 0 Å². The van der Waals surface area contributed by atoms with Gasteiger partial charge in [-0.1, -0.05) is 31.0 Å². The lowest BCUT2D eigenvalue weighted by Gasteiger charge is -2.25. The number of nitrogens with one attached hydrogen (secondary N) is 1. The molecule has 1 aromatic heterocycles. The Bertz CT molecular complexity index is 1140. The Kier molecular flexibility index (Phi) is 6.89. The summed E-state index contributed by atoms with van der Waals surface area (Å²) in [6.07, 6.45) is 6.33. The zero-order valence-corrected chi connectivity index (χ0v) is 20.0. The van der Waals surface area contributed by atoms with Gasteiger partial charge in [0.1, 0.15) is 5.75 Å². The number of rotatable bonds is 8. The van der Waals surface area contributed by atoms with Crippen molar-refractivity contribution in [3.63, 3.8) is 0 Å². The van der Waals surface area contributed by atoms with Crippen LogP contribution < -0.4 is 19.5 Å². The minimum absolute atomic E-state index is 0.0505. The number of hydrogen-bond donors (Lipinski definition) is 1. The Morgan fingerprint density at radius 3 is 2.68 bits per heavy atom. The van der Waals surface area contributed by atoms with E-state index in [9.17, 15) is 4.79 Å². The number of carbonyl (C=O) groups excluding carboxylic acids is 1. The second-order valence-electron chi connectivity index (χ2n) is 8.41. The van der Waals surface area contributed by atoms with Gasteiger partial charge in [0.05, 0.1) is 7.11 Å². The van der Waals surface area contributed by atoms with E-state index in [1.165, 1.54) is 19.3 Å². The molecule has 9 heteroatoms. The first kappa shape index (κ1) is 22.6. The minimum Gasteiger partial charge on any atom is -0.497 e. The summed E-state index contributed by atoms with van der Waals surface area (Å²) in [6.45, 7) is 0.212. The van der Waals surface area contributed by atoms with Crippen molar-refractivity contribution in [2.24, 2.45) is 0 Å². The maximum atomic E-state index is 12.5. The summed E-state index contributed by atoms with van der Waals surface area (Å²) in [5.74, 6) is 3.61. The highest BCUT2D eigenvalue weighted by Crippen LogP contribution is 2.36. The molecule has 2 aromatic carbocycles. The molecule has 1 saturated carbocycles. The van der Waals surface area contributed by atoms with E-state index < -0.39 is 0 Å². The van der Waals surface area contributed by atoms with Crippen molar-refractivity contribution in [2.75, 3.05) is 25.0 Å². The number of nitrogens with zero attached hydrogens (tertiary/aromatic N) is 3. The quantitative estimate of drug-likeness (QED) is 0.437. The van der Waals surface area contributed by atoms with Gasteiger partial charge in [-0.2, -0.15) is 0 Å². The van der Waals surface area contributed by atoms with Crippen molar-refractivity contribution >= 4 is 23.4 Å². The molecule has 0 radical (unpaired) electrons. The topological polar surface area (TPSA) is 87.5 Å². The molecule has 0 atom stereocenters. The summed E-state index contributed by atoms with van der Waals surface area (Å²) in [6, 6.07) is 13.7. The predicted molar refractivity (Wildman–Crippen MR) is 131 cm³/mol. The molecule has 1 N–H and O–H groups in total. The van der Waals surface area contributed by atoms with Crippen LogP contribution in [0.15, 0.2) is 47.6 Å². The van der Waals surface area contributed by atoms with Gasteiger partial charge in [-0.25, -0.2) is 0 Å². The highest BCUT2D eigenvalue weighted by atomic mass is 32.2. The molecular formula is C25H28N4O4S. The molecule has 178 valence electrons. The van der Waals surface area contributed by atoms with Gasteiger partial charge in [0.25, 0.3) is 0 Å². The number of hydrogen-bond acceptors (Lipinski definition) is 7. The summed E-state index contributed by atoms with van der Waals surface area (Å²) < 4.78 is 18.3. The second kappa shape index (κ2) is 10.4. The van der Waals surface area contributed by atoms with E-state index in [1.807, 2.05) is 30.3 Å². The lowest BCUT2D eigenvalue weighted by molar-refractivity contribution is -0.115. The summed E-state index contributed by atoms with van der Waals surface area (Å²) >= 11 is 1.58. The van der Waals surface area contributed by atoms with Crippen LogP contribution in [-0.2, 0) is 4.79 Å². The van der Waals surface area contributed by atoms with Crippen molar-refractivity contribution in [2.45, 2.75) is 49.7 Å². The standard InChI is InChI=1S/C25H28N4O4S/c1-31-20-10-7-17(8-11-20)24-27-28-25(29(24)19-5-3-2-4-6-19)34-14-13-23(30)26-18-9-12-21-22(15-18)33-16-32-21/h7-12,15,19H,2-6,13-14,16H2,1H3,(H,26,30). The maximum absolute atomic E-state index is 12.5. The molecular weight excluding hydrogens is 452 g/mol. The third-order valence-corrected chi connectivity index (χ3v) is 7.11. The Hall–Kier alpha value is -3.20. The molecule has 0 saturated heterocycles. The number of benzene rings is 2. The van der Waals surface area contributed by atoms with E-state index in [4.69, 9.17) is 14.2 Å². The SMILES string of the molecule is COc1ccc(-c2nnc(SCCC(=O)Nc3ccc4c(c3)OCO4)n2C2CCCCC2)cc1. The minimum atomic E-state index is -0.0505. The number of carbonyl (C=O) groups is 1. The molecule has 34 heavy (non-hydrogen) atoms. The van der Waals surface area contributed by atoms with Crippen molar-refractivity contribution in [3.05, 3.63) is 42.5 Å². The van der Waals surface area contributed by atoms with Crippen LogP contribution in [0.1, 0.15) is 44.6 Å².